The number of ether oxygens (including phenoxy) is 1. The van der Waals surface area contributed by atoms with E-state index in [1.165, 1.54) is 11.6 Å². The van der Waals surface area contributed by atoms with Crippen molar-refractivity contribution in [3.63, 3.8) is 0 Å². The van der Waals surface area contributed by atoms with Gasteiger partial charge in [0, 0.05) is 5.69 Å². The summed E-state index contributed by atoms with van der Waals surface area (Å²) in [5.41, 5.74) is 0.349. The summed E-state index contributed by atoms with van der Waals surface area (Å²) in [4.78, 5) is 42.8. The molecule has 0 spiro atoms. The Kier molecular flexibility index (Phi) is 5.31. The summed E-state index contributed by atoms with van der Waals surface area (Å²) in [6.07, 6.45) is 0. The molecule has 9 nitrogen and oxygen atoms in total. The van der Waals surface area contributed by atoms with E-state index in [4.69, 9.17) is 4.74 Å². The van der Waals surface area contributed by atoms with Gasteiger partial charge in [0.15, 0.2) is 11.6 Å². The molecule has 0 saturated heterocycles. The Balaban J connectivity index is 2.04. The Morgan fingerprint density at radius 2 is 1.68 bits per heavy atom. The molecule has 0 radical (unpaired) electrons. The lowest BCUT2D eigenvalue weighted by Gasteiger charge is -2.10. The first-order chi connectivity index (χ1) is 15.0. The number of ketones is 1. The van der Waals surface area contributed by atoms with E-state index in [1.807, 2.05) is 24.3 Å². The summed E-state index contributed by atoms with van der Waals surface area (Å²) in [6, 6.07) is 18.0. The topological polar surface area (TPSA) is 108 Å². The highest BCUT2D eigenvalue weighted by Crippen LogP contribution is 2.20. The van der Waals surface area contributed by atoms with Gasteiger partial charge in [0.05, 0.1) is 12.3 Å². The first kappa shape index (κ1) is 20.0. The number of nitrogens with zero attached hydrogens (tertiary/aromatic N) is 4. The smallest absolute Gasteiger partial charge is 0.376 e. The minimum absolute atomic E-state index is 0.0719. The first-order valence-corrected chi connectivity index (χ1v) is 9.62. The van der Waals surface area contributed by atoms with Crippen LogP contribution < -0.4 is 10.9 Å². The van der Waals surface area contributed by atoms with E-state index in [-0.39, 0.29) is 29.6 Å². The van der Waals surface area contributed by atoms with Crippen LogP contribution in [0.4, 0.5) is 11.5 Å². The van der Waals surface area contributed by atoms with Crippen LogP contribution >= 0.6 is 0 Å². The van der Waals surface area contributed by atoms with Gasteiger partial charge in [-0.3, -0.25) is 9.59 Å². The Hall–Kier alpha value is -4.27. The minimum Gasteiger partial charge on any atom is -0.460 e. The number of carbonyl (C=O) groups is 2. The Labute approximate surface area is 176 Å². The zero-order valence-electron chi connectivity index (χ0n) is 16.9. The van der Waals surface area contributed by atoms with E-state index < -0.39 is 17.3 Å². The van der Waals surface area contributed by atoms with Crippen LogP contribution in [0.2, 0.25) is 0 Å². The van der Waals surface area contributed by atoms with Crippen molar-refractivity contribution in [2.75, 3.05) is 11.9 Å². The third-order valence-electron chi connectivity index (χ3n) is 4.51. The van der Waals surface area contributed by atoms with Gasteiger partial charge in [0.25, 0.3) is 5.56 Å². The largest absolute Gasteiger partial charge is 0.460 e. The maximum Gasteiger partial charge on any atom is 0.376 e. The van der Waals surface area contributed by atoms with E-state index in [2.05, 4.69) is 15.4 Å². The van der Waals surface area contributed by atoms with Crippen LogP contribution in [-0.2, 0) is 4.74 Å². The van der Waals surface area contributed by atoms with E-state index >= 15 is 0 Å². The van der Waals surface area contributed by atoms with Gasteiger partial charge < -0.3 is 10.1 Å². The SMILES string of the molecule is CCOC(=O)c1nn(-c2ccccc2)c2nc(Nc3ccccc3)c(C(C)=O)c(=O)n12. The average Bonchev–Trinajstić information content (AvgIpc) is 3.15. The Morgan fingerprint density at radius 3 is 2.29 bits per heavy atom. The molecular weight excluding hydrogens is 398 g/mol. The number of hydrogen-bond acceptors (Lipinski definition) is 7. The maximum atomic E-state index is 13.4. The third kappa shape index (κ3) is 3.68. The fourth-order valence-corrected chi connectivity index (χ4v) is 3.16. The van der Waals surface area contributed by atoms with Gasteiger partial charge in [-0.05, 0) is 38.1 Å². The molecule has 0 amide bonds. The van der Waals surface area contributed by atoms with Crippen molar-refractivity contribution in [2.45, 2.75) is 13.8 Å². The van der Waals surface area contributed by atoms with Gasteiger partial charge in [-0.2, -0.15) is 9.67 Å². The number of rotatable bonds is 6. The van der Waals surface area contributed by atoms with Crippen LogP contribution in [0.15, 0.2) is 65.5 Å². The molecule has 0 saturated carbocycles. The lowest BCUT2D eigenvalue weighted by Crippen LogP contribution is -2.27. The third-order valence-corrected chi connectivity index (χ3v) is 4.51. The van der Waals surface area contributed by atoms with Crippen molar-refractivity contribution in [1.82, 2.24) is 19.2 Å². The molecular formula is C22H19N5O4. The maximum absolute atomic E-state index is 13.4. The summed E-state index contributed by atoms with van der Waals surface area (Å²) >= 11 is 0. The fourth-order valence-electron chi connectivity index (χ4n) is 3.16. The number of esters is 1. The lowest BCUT2D eigenvalue weighted by molar-refractivity contribution is 0.0509. The number of Topliss-reactive ketones (excluding diaryl/α,β-unsaturated/α-hetero) is 1. The van der Waals surface area contributed by atoms with Crippen LogP contribution in [0.3, 0.4) is 0 Å². The number of anilines is 2. The van der Waals surface area contributed by atoms with Crippen molar-refractivity contribution in [3.8, 4) is 5.69 Å². The zero-order valence-corrected chi connectivity index (χ0v) is 16.9. The monoisotopic (exact) mass is 417 g/mol. The average molecular weight is 417 g/mol. The number of benzene rings is 2. The van der Waals surface area contributed by atoms with Crippen LogP contribution in [0.25, 0.3) is 11.5 Å². The molecule has 1 N–H and O–H groups in total. The second kappa shape index (κ2) is 8.23. The summed E-state index contributed by atoms with van der Waals surface area (Å²) in [5.74, 6) is -1.39. The van der Waals surface area contributed by atoms with Crippen LogP contribution in [0, 0.1) is 0 Å². The van der Waals surface area contributed by atoms with Gasteiger partial charge in [-0.15, -0.1) is 5.10 Å². The molecule has 2 aromatic heterocycles. The molecule has 0 fully saturated rings. The Bertz CT molecular complexity index is 1330. The van der Waals surface area contributed by atoms with Crippen LogP contribution in [0.1, 0.15) is 34.8 Å². The van der Waals surface area contributed by atoms with Crippen molar-refractivity contribution < 1.29 is 14.3 Å². The normalized spacial score (nSPS) is 10.8. The van der Waals surface area contributed by atoms with E-state index in [9.17, 15) is 14.4 Å². The molecule has 0 unspecified atom stereocenters. The second-order valence-electron chi connectivity index (χ2n) is 6.61. The standard InChI is InChI=1S/C22H19N5O4/c1-3-31-21(30)19-25-27(16-12-8-5-9-13-16)22-24-18(23-15-10-6-4-7-11-15)17(14(2)28)20(29)26(19)22/h4-13,23H,3H2,1-2H3. The molecule has 156 valence electrons. The highest BCUT2D eigenvalue weighted by atomic mass is 16.5. The summed E-state index contributed by atoms with van der Waals surface area (Å²) in [6.45, 7) is 3.03. The van der Waals surface area contributed by atoms with Gasteiger partial charge in [-0.1, -0.05) is 36.4 Å². The van der Waals surface area contributed by atoms with Gasteiger partial charge >= 0.3 is 5.97 Å². The van der Waals surface area contributed by atoms with E-state index in [0.717, 1.165) is 4.40 Å². The summed E-state index contributed by atoms with van der Waals surface area (Å²) in [7, 11) is 0. The number of fused-ring (bicyclic) bond motifs is 1. The van der Waals surface area contributed by atoms with Crippen molar-refractivity contribution in [1.29, 1.82) is 0 Å². The molecule has 0 aliphatic heterocycles. The van der Waals surface area contributed by atoms with Crippen molar-refractivity contribution in [2.24, 2.45) is 0 Å². The zero-order chi connectivity index (χ0) is 22.0. The summed E-state index contributed by atoms with van der Waals surface area (Å²) < 4.78 is 7.44. The molecule has 2 aromatic carbocycles. The van der Waals surface area contributed by atoms with Gasteiger partial charge in [0.1, 0.15) is 5.56 Å². The first-order valence-electron chi connectivity index (χ1n) is 9.62. The molecule has 0 aliphatic rings. The molecule has 4 rings (SSSR count). The highest BCUT2D eigenvalue weighted by Gasteiger charge is 2.26. The van der Waals surface area contributed by atoms with Gasteiger partial charge in [0.2, 0.25) is 11.6 Å². The molecule has 31 heavy (non-hydrogen) atoms. The van der Waals surface area contributed by atoms with Crippen molar-refractivity contribution in [3.05, 3.63) is 82.4 Å². The summed E-state index contributed by atoms with van der Waals surface area (Å²) in [5, 5.41) is 7.32. The Morgan fingerprint density at radius 1 is 1.03 bits per heavy atom. The predicted molar refractivity (Wildman–Crippen MR) is 114 cm³/mol. The van der Waals surface area contributed by atoms with Gasteiger partial charge in [-0.25, -0.2) is 9.20 Å². The number of aromatic nitrogens is 4. The molecule has 0 aliphatic carbocycles. The van der Waals surface area contributed by atoms with Crippen LogP contribution in [-0.4, -0.2) is 37.5 Å². The van der Waals surface area contributed by atoms with E-state index in [0.29, 0.717) is 11.4 Å². The van der Waals surface area contributed by atoms with Crippen molar-refractivity contribution >= 4 is 29.0 Å². The number of carbonyl (C=O) groups excluding carboxylic acids is 2. The lowest BCUT2D eigenvalue weighted by atomic mass is 10.2. The quantitative estimate of drug-likeness (QED) is 0.379. The second-order valence-corrected chi connectivity index (χ2v) is 6.61. The van der Waals surface area contributed by atoms with E-state index in [1.54, 1.807) is 43.3 Å². The minimum atomic E-state index is -0.788. The highest BCUT2D eigenvalue weighted by molar-refractivity contribution is 5.99. The molecule has 0 atom stereocenters. The predicted octanol–water partition coefficient (Wildman–Crippen LogP) is 3.00. The fraction of sp³-hybridized carbons (Fsp3) is 0.136. The number of para-hydroxylation sites is 2. The number of hydrogen-bond donors (Lipinski definition) is 1. The van der Waals surface area contributed by atoms with Crippen LogP contribution in [0.5, 0.6) is 0 Å². The molecule has 4 aromatic rings. The number of nitrogens with one attached hydrogen (secondary N) is 1. The molecule has 0 bridgehead atoms. The molecule has 2 heterocycles. The molecule has 9 heteroatoms.